The lowest BCUT2D eigenvalue weighted by Crippen LogP contribution is -2.28. The predicted molar refractivity (Wildman–Crippen MR) is 97.7 cm³/mol. The van der Waals surface area contributed by atoms with Crippen molar-refractivity contribution in [3.8, 4) is 0 Å². The Morgan fingerprint density at radius 2 is 1.19 bits per heavy atom. The third kappa shape index (κ3) is 2.66. The zero-order valence-electron chi connectivity index (χ0n) is 14.1. The Hall–Kier alpha value is -3.07. The molecule has 2 nitrogen and oxygen atoms in total. The molecular weight excluding hydrogens is 327 g/mol. The van der Waals surface area contributed by atoms with Gasteiger partial charge in [0.25, 0.3) is 0 Å². The van der Waals surface area contributed by atoms with Crippen molar-refractivity contribution in [3.05, 3.63) is 107 Å². The molecule has 0 radical (unpaired) electrons. The fraction of sp³-hybridized carbons (Fsp3) is 0.130. The first-order valence-electron chi connectivity index (χ1n) is 8.58. The van der Waals surface area contributed by atoms with Gasteiger partial charge in [0.1, 0.15) is 11.2 Å². The summed E-state index contributed by atoms with van der Waals surface area (Å²) in [6.45, 7) is 0. The number of rotatable bonds is 5. The molecule has 1 aliphatic rings. The van der Waals surface area contributed by atoms with Crippen LogP contribution in [0, 0.1) is 11.2 Å². The van der Waals surface area contributed by atoms with Gasteiger partial charge in [0.2, 0.25) is 0 Å². The van der Waals surface area contributed by atoms with E-state index < -0.39 is 5.41 Å². The monoisotopic (exact) mass is 344 g/mol. The quantitative estimate of drug-likeness (QED) is 0.479. The third-order valence-electron chi connectivity index (χ3n) is 5.12. The molecule has 0 aliphatic heterocycles. The van der Waals surface area contributed by atoms with Crippen LogP contribution in [-0.4, -0.2) is 11.6 Å². The Kier molecular flexibility index (Phi) is 4.00. The number of hydrogen-bond acceptors (Lipinski definition) is 2. The summed E-state index contributed by atoms with van der Waals surface area (Å²) in [6.07, 6.45) is 0.445. The fourth-order valence-corrected chi connectivity index (χ4v) is 3.66. The molecule has 1 unspecified atom stereocenters. The first-order chi connectivity index (χ1) is 12.6. The number of ketones is 2. The van der Waals surface area contributed by atoms with Crippen molar-refractivity contribution in [3.63, 3.8) is 0 Å². The highest BCUT2D eigenvalue weighted by molar-refractivity contribution is 6.23. The van der Waals surface area contributed by atoms with Crippen molar-refractivity contribution in [2.45, 2.75) is 12.3 Å². The number of hydrogen-bond donors (Lipinski definition) is 0. The average molecular weight is 344 g/mol. The van der Waals surface area contributed by atoms with E-state index in [1.54, 1.807) is 60.7 Å². The van der Waals surface area contributed by atoms with E-state index in [9.17, 15) is 14.0 Å². The Balaban J connectivity index is 1.77. The van der Waals surface area contributed by atoms with E-state index in [4.69, 9.17) is 0 Å². The van der Waals surface area contributed by atoms with E-state index in [2.05, 4.69) is 0 Å². The smallest absolute Gasteiger partial charge is 0.177 e. The number of benzene rings is 3. The van der Waals surface area contributed by atoms with E-state index >= 15 is 0 Å². The van der Waals surface area contributed by atoms with Crippen LogP contribution in [0.5, 0.6) is 0 Å². The van der Waals surface area contributed by atoms with Crippen molar-refractivity contribution in [1.29, 1.82) is 0 Å². The highest BCUT2D eigenvalue weighted by Crippen LogP contribution is 2.62. The Morgan fingerprint density at radius 1 is 0.731 bits per heavy atom. The molecule has 1 saturated carbocycles. The maximum Gasteiger partial charge on any atom is 0.177 e. The first kappa shape index (κ1) is 16.4. The lowest BCUT2D eigenvalue weighted by molar-refractivity contribution is 0.0776. The molecule has 1 atom stereocenters. The molecule has 0 aromatic heterocycles. The highest BCUT2D eigenvalue weighted by atomic mass is 19.1. The lowest BCUT2D eigenvalue weighted by Gasteiger charge is -2.16. The van der Waals surface area contributed by atoms with Crippen molar-refractivity contribution in [2.75, 3.05) is 0 Å². The molecule has 3 aromatic rings. The number of carbonyl (C=O) groups excluding carboxylic acids is 2. The largest absolute Gasteiger partial charge is 0.293 e. The topological polar surface area (TPSA) is 34.1 Å². The van der Waals surface area contributed by atoms with Crippen LogP contribution in [0.15, 0.2) is 84.9 Å². The minimum atomic E-state index is -1.11. The second kappa shape index (κ2) is 6.34. The summed E-state index contributed by atoms with van der Waals surface area (Å²) in [4.78, 5) is 26.6. The molecule has 4 rings (SSSR count). The van der Waals surface area contributed by atoms with E-state index in [1.807, 2.05) is 12.1 Å². The van der Waals surface area contributed by atoms with E-state index in [0.29, 0.717) is 17.5 Å². The van der Waals surface area contributed by atoms with Crippen molar-refractivity contribution in [2.24, 2.45) is 5.41 Å². The summed E-state index contributed by atoms with van der Waals surface area (Å²) in [5.41, 5.74) is 0.767. The maximum absolute atomic E-state index is 13.3. The molecule has 3 heteroatoms. The average Bonchev–Trinajstić information content (AvgIpc) is 3.45. The minimum absolute atomic E-state index is 0.165. The summed E-state index contributed by atoms with van der Waals surface area (Å²) < 4.78 is 13.3. The minimum Gasteiger partial charge on any atom is -0.293 e. The highest BCUT2D eigenvalue weighted by Gasteiger charge is 2.65. The maximum atomic E-state index is 13.3. The van der Waals surface area contributed by atoms with Crippen LogP contribution in [0.4, 0.5) is 4.39 Å². The predicted octanol–water partition coefficient (Wildman–Crippen LogP) is 5.07. The molecule has 0 amide bonds. The van der Waals surface area contributed by atoms with E-state index in [-0.39, 0.29) is 23.3 Å². The van der Waals surface area contributed by atoms with Gasteiger partial charge in [-0.15, -0.1) is 0 Å². The molecule has 0 spiro atoms. The van der Waals surface area contributed by atoms with Crippen LogP contribution in [-0.2, 0) is 0 Å². The second-order valence-corrected chi connectivity index (χ2v) is 6.67. The standard InChI is InChI=1S/C23H17FO2/c24-19-13-11-16(12-14-19)20-15-23(20,21(25)17-7-3-1-4-8-17)22(26)18-9-5-2-6-10-18/h1-14,20H,15H2. The van der Waals surface area contributed by atoms with Crippen molar-refractivity contribution < 1.29 is 14.0 Å². The number of Topliss-reactive ketones (excluding diaryl/α,β-unsaturated/α-hetero) is 2. The van der Waals surface area contributed by atoms with Gasteiger partial charge in [-0.05, 0) is 24.1 Å². The normalized spacial score (nSPS) is 17.5. The fourth-order valence-electron chi connectivity index (χ4n) is 3.66. The lowest BCUT2D eigenvalue weighted by atomic mass is 9.83. The van der Waals surface area contributed by atoms with Gasteiger partial charge in [-0.25, -0.2) is 4.39 Å². The number of halogens is 1. The molecule has 0 saturated heterocycles. The van der Waals surface area contributed by atoms with Gasteiger partial charge in [0.05, 0.1) is 0 Å². The molecule has 0 bridgehead atoms. The zero-order valence-corrected chi connectivity index (χ0v) is 14.1. The molecule has 0 N–H and O–H groups in total. The first-order valence-corrected chi connectivity index (χ1v) is 8.58. The summed E-state index contributed by atoms with van der Waals surface area (Å²) >= 11 is 0. The Morgan fingerprint density at radius 3 is 1.65 bits per heavy atom. The van der Waals surface area contributed by atoms with Gasteiger partial charge in [-0.1, -0.05) is 72.8 Å². The van der Waals surface area contributed by atoms with Gasteiger partial charge in [0, 0.05) is 17.0 Å². The zero-order chi connectivity index (χ0) is 18.1. The summed E-state index contributed by atoms with van der Waals surface area (Å²) in [7, 11) is 0. The van der Waals surface area contributed by atoms with Crippen molar-refractivity contribution in [1.82, 2.24) is 0 Å². The molecule has 26 heavy (non-hydrogen) atoms. The molecule has 1 aliphatic carbocycles. The van der Waals surface area contributed by atoms with Crippen LogP contribution < -0.4 is 0 Å². The van der Waals surface area contributed by atoms with Crippen LogP contribution in [0.25, 0.3) is 0 Å². The second-order valence-electron chi connectivity index (χ2n) is 6.67. The molecule has 1 fully saturated rings. The third-order valence-corrected chi connectivity index (χ3v) is 5.12. The van der Waals surface area contributed by atoms with E-state index in [1.165, 1.54) is 12.1 Å². The van der Waals surface area contributed by atoms with Gasteiger partial charge in [-0.2, -0.15) is 0 Å². The molecule has 0 heterocycles. The summed E-state index contributed by atoms with van der Waals surface area (Å²) in [5.74, 6) is -0.894. The van der Waals surface area contributed by atoms with Gasteiger partial charge in [-0.3, -0.25) is 9.59 Å². The van der Waals surface area contributed by atoms with Crippen LogP contribution in [0.1, 0.15) is 38.6 Å². The SMILES string of the molecule is O=C(c1ccccc1)C1(C(=O)c2ccccc2)CC1c1ccc(F)cc1. The molecule has 3 aromatic carbocycles. The molecular formula is C23H17FO2. The Labute approximate surface area is 151 Å². The van der Waals surface area contributed by atoms with Gasteiger partial charge >= 0.3 is 0 Å². The van der Waals surface area contributed by atoms with Crippen molar-refractivity contribution >= 4 is 11.6 Å². The summed E-state index contributed by atoms with van der Waals surface area (Å²) in [6, 6.07) is 23.9. The van der Waals surface area contributed by atoms with Crippen LogP contribution in [0.2, 0.25) is 0 Å². The number of carbonyl (C=O) groups is 2. The van der Waals surface area contributed by atoms with E-state index in [0.717, 1.165) is 5.56 Å². The molecule has 128 valence electrons. The summed E-state index contributed by atoms with van der Waals surface area (Å²) in [5, 5.41) is 0. The Bertz CT molecular complexity index is 895. The van der Waals surface area contributed by atoms with Gasteiger partial charge < -0.3 is 0 Å². The van der Waals surface area contributed by atoms with Crippen LogP contribution >= 0.6 is 0 Å². The van der Waals surface area contributed by atoms with Gasteiger partial charge in [0.15, 0.2) is 11.6 Å². The van der Waals surface area contributed by atoms with Crippen LogP contribution in [0.3, 0.4) is 0 Å².